The van der Waals surface area contributed by atoms with E-state index in [1.165, 1.54) is 115 Å². The molecule has 0 spiro atoms. The molecule has 2 nitrogen and oxygen atoms in total. The predicted octanol–water partition coefficient (Wildman–Crippen LogP) is 10.5. The van der Waals surface area contributed by atoms with E-state index >= 15 is 0 Å². The largest absolute Gasteiger partial charge is 0.399 e. The van der Waals surface area contributed by atoms with Gasteiger partial charge in [-0.05, 0) is 120 Å². The van der Waals surface area contributed by atoms with E-state index in [0.717, 1.165) is 37.1 Å². The molecule has 0 aliphatic heterocycles. The molecule has 228 valence electrons. The topological polar surface area (TPSA) is 52.0 Å². The number of nitrogens with two attached hydrogens (primary N) is 2. The van der Waals surface area contributed by atoms with Crippen molar-refractivity contribution in [2.24, 2.45) is 0 Å². The predicted molar refractivity (Wildman–Crippen MR) is 188 cm³/mol. The molecule has 2 heteroatoms. The van der Waals surface area contributed by atoms with Crippen LogP contribution in [-0.2, 0) is 38.5 Å². The van der Waals surface area contributed by atoms with Crippen molar-refractivity contribution >= 4 is 11.4 Å². The highest BCUT2D eigenvalue weighted by Crippen LogP contribution is 2.22. The molecule has 4 N–H and O–H groups in total. The van der Waals surface area contributed by atoms with E-state index in [1.54, 1.807) is 0 Å². The van der Waals surface area contributed by atoms with Crippen molar-refractivity contribution in [2.75, 3.05) is 11.5 Å². The Hall–Kier alpha value is -3.52. The molecule has 0 fully saturated rings. The highest BCUT2D eigenvalue weighted by Gasteiger charge is 2.06. The van der Waals surface area contributed by atoms with Gasteiger partial charge in [-0.1, -0.05) is 119 Å². The van der Waals surface area contributed by atoms with Crippen molar-refractivity contribution in [3.8, 4) is 0 Å². The molecule has 4 aromatic rings. The van der Waals surface area contributed by atoms with Gasteiger partial charge in [-0.15, -0.1) is 0 Å². The van der Waals surface area contributed by atoms with Crippen LogP contribution in [0, 0.1) is 0 Å². The molecule has 0 aliphatic rings. The fourth-order valence-electron chi connectivity index (χ4n) is 6.28. The maximum absolute atomic E-state index is 5.85. The summed E-state index contributed by atoms with van der Waals surface area (Å²) in [5.41, 5.74) is 24.9. The van der Waals surface area contributed by atoms with Gasteiger partial charge in [-0.2, -0.15) is 0 Å². The minimum absolute atomic E-state index is 0.834. The van der Waals surface area contributed by atoms with Crippen LogP contribution < -0.4 is 11.5 Å². The van der Waals surface area contributed by atoms with E-state index < -0.39 is 0 Å². The average Bonchev–Trinajstić information content (AvgIpc) is 3.03. The summed E-state index contributed by atoms with van der Waals surface area (Å²) in [6.45, 7) is 4.55. The highest BCUT2D eigenvalue weighted by atomic mass is 14.5. The minimum Gasteiger partial charge on any atom is -0.399 e. The van der Waals surface area contributed by atoms with Crippen LogP contribution in [0.3, 0.4) is 0 Å². The normalized spacial score (nSPS) is 11.2. The first kappa shape index (κ1) is 32.4. The number of rotatable bonds is 18. The second kappa shape index (κ2) is 17.6. The first-order valence-electron chi connectivity index (χ1n) is 16.9. The number of hydrogen-bond acceptors (Lipinski definition) is 2. The molecule has 4 aromatic carbocycles. The molecule has 0 bridgehead atoms. The Bertz CT molecular complexity index is 1260. The molecule has 0 atom stereocenters. The second-order valence-electron chi connectivity index (χ2n) is 12.4. The Morgan fingerprint density at radius 3 is 1.05 bits per heavy atom. The van der Waals surface area contributed by atoms with Gasteiger partial charge >= 0.3 is 0 Å². The third-order valence-corrected chi connectivity index (χ3v) is 8.98. The summed E-state index contributed by atoms with van der Waals surface area (Å²) in [6.07, 6.45) is 18.8. The summed E-state index contributed by atoms with van der Waals surface area (Å²) in [5, 5.41) is 0. The van der Waals surface area contributed by atoms with E-state index in [0.29, 0.717) is 0 Å². The van der Waals surface area contributed by atoms with Crippen molar-refractivity contribution in [1.29, 1.82) is 0 Å². The van der Waals surface area contributed by atoms with Crippen LogP contribution in [0.5, 0.6) is 0 Å². The van der Waals surface area contributed by atoms with Crippen molar-refractivity contribution in [2.45, 2.75) is 110 Å². The lowest BCUT2D eigenvalue weighted by Crippen LogP contribution is -1.98. The van der Waals surface area contributed by atoms with Crippen molar-refractivity contribution < 1.29 is 0 Å². The maximum atomic E-state index is 5.85. The molecule has 0 saturated heterocycles. The van der Waals surface area contributed by atoms with Crippen LogP contribution in [0.4, 0.5) is 11.4 Å². The first-order chi connectivity index (χ1) is 21.0. The number of unbranched alkanes of at least 4 members (excludes halogenated alkanes) is 8. The van der Waals surface area contributed by atoms with Crippen molar-refractivity contribution in [3.05, 3.63) is 129 Å². The Balaban J connectivity index is 1.05. The van der Waals surface area contributed by atoms with E-state index in [4.69, 9.17) is 11.5 Å². The molecular formula is C41H54N2. The molecule has 0 unspecified atom stereocenters. The van der Waals surface area contributed by atoms with Crippen LogP contribution in [-0.4, -0.2) is 0 Å². The minimum atomic E-state index is 0.834. The van der Waals surface area contributed by atoms with E-state index in [1.807, 2.05) is 24.3 Å². The summed E-state index contributed by atoms with van der Waals surface area (Å²) in [4.78, 5) is 0. The molecule has 0 heterocycles. The Labute approximate surface area is 261 Å². The van der Waals surface area contributed by atoms with Gasteiger partial charge in [0.15, 0.2) is 0 Å². The summed E-state index contributed by atoms with van der Waals surface area (Å²) in [6, 6.07) is 30.9. The quantitative estimate of drug-likeness (QED) is 0.0917. The summed E-state index contributed by atoms with van der Waals surface area (Å²) in [5.74, 6) is 0. The van der Waals surface area contributed by atoms with E-state index in [-0.39, 0.29) is 0 Å². The summed E-state index contributed by atoms with van der Waals surface area (Å²) in [7, 11) is 0. The van der Waals surface area contributed by atoms with Gasteiger partial charge in [-0.3, -0.25) is 0 Å². The maximum Gasteiger partial charge on any atom is 0.0314 e. The van der Waals surface area contributed by atoms with E-state index in [2.05, 4.69) is 74.5 Å². The zero-order valence-electron chi connectivity index (χ0n) is 26.8. The Morgan fingerprint density at radius 1 is 0.372 bits per heavy atom. The SMILES string of the molecule is CCc1cc(CCCCCCCCCCCc2ccc(Cc3ccc(N)cc3)c(CC)c2)ccc1Cc1ccc(N)cc1. The van der Waals surface area contributed by atoms with Crippen molar-refractivity contribution in [3.63, 3.8) is 0 Å². The van der Waals surface area contributed by atoms with Crippen LogP contribution in [0.15, 0.2) is 84.9 Å². The van der Waals surface area contributed by atoms with Crippen molar-refractivity contribution in [1.82, 2.24) is 0 Å². The molecule has 0 amide bonds. The third-order valence-electron chi connectivity index (χ3n) is 8.98. The lowest BCUT2D eigenvalue weighted by Gasteiger charge is -2.11. The summed E-state index contributed by atoms with van der Waals surface area (Å²) >= 11 is 0. The van der Waals surface area contributed by atoms with Crippen LogP contribution in [0.1, 0.15) is 116 Å². The van der Waals surface area contributed by atoms with Gasteiger partial charge in [0.2, 0.25) is 0 Å². The number of nitrogen functional groups attached to an aromatic ring is 2. The van der Waals surface area contributed by atoms with Gasteiger partial charge in [0.1, 0.15) is 0 Å². The molecule has 0 saturated carbocycles. The van der Waals surface area contributed by atoms with Gasteiger partial charge in [0.25, 0.3) is 0 Å². The zero-order valence-corrected chi connectivity index (χ0v) is 26.8. The lowest BCUT2D eigenvalue weighted by molar-refractivity contribution is 0.558. The smallest absolute Gasteiger partial charge is 0.0314 e. The van der Waals surface area contributed by atoms with Crippen LogP contribution in [0.25, 0.3) is 0 Å². The molecular weight excluding hydrogens is 520 g/mol. The molecule has 0 aliphatic carbocycles. The highest BCUT2D eigenvalue weighted by molar-refractivity contribution is 5.43. The lowest BCUT2D eigenvalue weighted by atomic mass is 9.94. The molecule has 4 rings (SSSR count). The number of anilines is 2. The van der Waals surface area contributed by atoms with Gasteiger partial charge in [0.05, 0.1) is 0 Å². The standard InChI is InChI=1S/C41H54N2/c1-3-36-28-32(16-22-38(36)30-34-18-24-40(42)25-19-34)14-12-10-8-6-5-7-9-11-13-15-33-17-23-39(37(4-2)29-33)31-35-20-26-41(43)27-21-35/h16-29H,3-15,30-31,42-43H2,1-2H3. The zero-order chi connectivity index (χ0) is 30.3. The average molecular weight is 575 g/mol. The fraction of sp³-hybridized carbons (Fsp3) is 0.415. The van der Waals surface area contributed by atoms with Gasteiger partial charge in [0, 0.05) is 11.4 Å². The number of aryl methyl sites for hydroxylation is 4. The monoisotopic (exact) mass is 574 g/mol. The molecule has 0 radical (unpaired) electrons. The van der Waals surface area contributed by atoms with Crippen LogP contribution in [0.2, 0.25) is 0 Å². The third kappa shape index (κ3) is 10.9. The number of hydrogen-bond donors (Lipinski definition) is 2. The Morgan fingerprint density at radius 2 is 0.698 bits per heavy atom. The number of benzene rings is 4. The van der Waals surface area contributed by atoms with Gasteiger partial charge in [-0.25, -0.2) is 0 Å². The second-order valence-corrected chi connectivity index (χ2v) is 12.4. The fourth-order valence-corrected chi connectivity index (χ4v) is 6.28. The molecule has 0 aromatic heterocycles. The Kier molecular flexibility index (Phi) is 13.2. The van der Waals surface area contributed by atoms with Crippen LogP contribution >= 0.6 is 0 Å². The van der Waals surface area contributed by atoms with Gasteiger partial charge < -0.3 is 11.5 Å². The first-order valence-corrected chi connectivity index (χ1v) is 16.9. The van der Waals surface area contributed by atoms with E-state index in [9.17, 15) is 0 Å². The summed E-state index contributed by atoms with van der Waals surface area (Å²) < 4.78 is 0. The molecule has 43 heavy (non-hydrogen) atoms.